The van der Waals surface area contributed by atoms with Crippen LogP contribution in [0.25, 0.3) is 0 Å². The van der Waals surface area contributed by atoms with E-state index in [0.29, 0.717) is 28.8 Å². The van der Waals surface area contributed by atoms with Gasteiger partial charge in [-0.25, -0.2) is 4.98 Å². The molecule has 0 saturated heterocycles. The number of carbonyl (C=O) groups is 2. The number of benzene rings is 1. The van der Waals surface area contributed by atoms with E-state index in [1.807, 2.05) is 13.8 Å². The number of ether oxygens (including phenoxy) is 3. The van der Waals surface area contributed by atoms with Crippen LogP contribution in [0.5, 0.6) is 11.5 Å². The number of nitrogens with zero attached hydrogens (tertiary/aromatic N) is 2. The Kier molecular flexibility index (Phi) is 7.77. The van der Waals surface area contributed by atoms with Crippen LogP contribution in [0, 0.1) is 13.8 Å². The molecular formula is C19H25N3O5S. The first kappa shape index (κ1) is 21.6. The van der Waals surface area contributed by atoms with Crippen molar-refractivity contribution in [1.29, 1.82) is 0 Å². The van der Waals surface area contributed by atoms with Gasteiger partial charge < -0.3 is 24.4 Å². The Morgan fingerprint density at radius 3 is 2.50 bits per heavy atom. The number of nitrogens with one attached hydrogen (secondary N) is 1. The molecule has 2 aromatic rings. The van der Waals surface area contributed by atoms with Crippen LogP contribution in [-0.2, 0) is 9.53 Å². The fraction of sp³-hybridized carbons (Fsp3) is 0.421. The van der Waals surface area contributed by atoms with Crippen molar-refractivity contribution in [2.75, 3.05) is 46.3 Å². The molecule has 0 aliphatic heterocycles. The molecule has 9 heteroatoms. The summed E-state index contributed by atoms with van der Waals surface area (Å²) in [5.74, 6) is 0.284. The lowest BCUT2D eigenvalue weighted by atomic mass is 10.1. The van der Waals surface area contributed by atoms with Crippen molar-refractivity contribution in [2.24, 2.45) is 0 Å². The van der Waals surface area contributed by atoms with Gasteiger partial charge in [0, 0.05) is 24.6 Å². The maximum absolute atomic E-state index is 13.0. The molecule has 8 nitrogen and oxygen atoms in total. The SMILES string of the molecule is COCCN(CC(=O)Nc1nc(C)c(C)s1)C(=O)c1ccc(OC)cc1OC. The molecule has 0 aliphatic carbocycles. The van der Waals surface area contributed by atoms with E-state index in [-0.39, 0.29) is 24.9 Å². The Hall–Kier alpha value is -2.65. The minimum Gasteiger partial charge on any atom is -0.497 e. The average Bonchev–Trinajstić information content (AvgIpc) is 3.00. The standard InChI is InChI=1S/C19H25N3O5S/c1-12-13(2)28-19(20-12)21-17(23)11-22(8-9-25-3)18(24)15-7-6-14(26-4)10-16(15)27-5/h6-7,10H,8-9,11H2,1-5H3,(H,20,21,23). The number of carbonyl (C=O) groups excluding carboxylic acids is 2. The highest BCUT2D eigenvalue weighted by atomic mass is 32.1. The number of aryl methyl sites for hydroxylation is 2. The average molecular weight is 407 g/mol. The van der Waals surface area contributed by atoms with E-state index in [2.05, 4.69) is 10.3 Å². The van der Waals surface area contributed by atoms with Crippen molar-refractivity contribution in [1.82, 2.24) is 9.88 Å². The van der Waals surface area contributed by atoms with Crippen molar-refractivity contribution >= 4 is 28.3 Å². The summed E-state index contributed by atoms with van der Waals surface area (Å²) in [5.41, 5.74) is 1.21. The van der Waals surface area contributed by atoms with Crippen molar-refractivity contribution in [3.8, 4) is 11.5 Å². The maximum Gasteiger partial charge on any atom is 0.258 e. The Morgan fingerprint density at radius 1 is 1.18 bits per heavy atom. The predicted octanol–water partition coefficient (Wildman–Crippen LogP) is 2.50. The number of rotatable bonds is 9. The first-order valence-corrected chi connectivity index (χ1v) is 9.45. The highest BCUT2D eigenvalue weighted by Crippen LogP contribution is 2.26. The third-order valence-corrected chi connectivity index (χ3v) is 5.09. The van der Waals surface area contributed by atoms with Gasteiger partial charge in [-0.1, -0.05) is 0 Å². The van der Waals surface area contributed by atoms with Crippen LogP contribution in [0.3, 0.4) is 0 Å². The van der Waals surface area contributed by atoms with E-state index in [1.165, 1.54) is 37.6 Å². The third kappa shape index (κ3) is 5.43. The Morgan fingerprint density at radius 2 is 1.93 bits per heavy atom. The molecule has 0 unspecified atom stereocenters. The summed E-state index contributed by atoms with van der Waals surface area (Å²) in [4.78, 5) is 32.2. The summed E-state index contributed by atoms with van der Waals surface area (Å²) in [6.45, 7) is 4.24. The van der Waals surface area contributed by atoms with Gasteiger partial charge >= 0.3 is 0 Å². The first-order valence-electron chi connectivity index (χ1n) is 8.63. The minimum absolute atomic E-state index is 0.130. The number of methoxy groups -OCH3 is 3. The van der Waals surface area contributed by atoms with Crippen molar-refractivity contribution in [2.45, 2.75) is 13.8 Å². The smallest absolute Gasteiger partial charge is 0.258 e. The summed E-state index contributed by atoms with van der Waals surface area (Å²) in [6, 6.07) is 4.92. The van der Waals surface area contributed by atoms with E-state index in [9.17, 15) is 9.59 Å². The van der Waals surface area contributed by atoms with Crippen LogP contribution in [0.1, 0.15) is 20.9 Å². The monoisotopic (exact) mass is 407 g/mol. The van der Waals surface area contributed by atoms with Crippen LogP contribution in [0.4, 0.5) is 5.13 Å². The molecular weight excluding hydrogens is 382 g/mol. The lowest BCUT2D eigenvalue weighted by Crippen LogP contribution is -2.40. The fourth-order valence-electron chi connectivity index (χ4n) is 2.46. The summed E-state index contributed by atoms with van der Waals surface area (Å²) < 4.78 is 15.6. The Labute approximate surface area is 168 Å². The Balaban J connectivity index is 2.17. The summed E-state index contributed by atoms with van der Waals surface area (Å²) >= 11 is 1.40. The molecule has 0 fully saturated rings. The lowest BCUT2D eigenvalue weighted by molar-refractivity contribution is -0.117. The van der Waals surface area contributed by atoms with Gasteiger partial charge in [0.05, 0.1) is 32.1 Å². The second kappa shape index (κ2) is 10.0. The van der Waals surface area contributed by atoms with E-state index < -0.39 is 0 Å². The van der Waals surface area contributed by atoms with Crippen molar-refractivity contribution in [3.05, 3.63) is 34.3 Å². The molecule has 28 heavy (non-hydrogen) atoms. The number of anilines is 1. The normalized spacial score (nSPS) is 10.5. The largest absolute Gasteiger partial charge is 0.497 e. The first-order chi connectivity index (χ1) is 13.4. The van der Waals surface area contributed by atoms with Crippen LogP contribution in [0.15, 0.2) is 18.2 Å². The Bertz CT molecular complexity index is 817. The summed E-state index contributed by atoms with van der Waals surface area (Å²) in [5, 5.41) is 3.26. The van der Waals surface area contributed by atoms with E-state index in [0.717, 1.165) is 10.6 Å². The molecule has 2 rings (SSSR count). The number of amides is 2. The second-order valence-electron chi connectivity index (χ2n) is 5.99. The second-order valence-corrected chi connectivity index (χ2v) is 7.20. The molecule has 0 bridgehead atoms. The van der Waals surface area contributed by atoms with Gasteiger partial charge in [-0.2, -0.15) is 0 Å². The van der Waals surface area contributed by atoms with Gasteiger partial charge in [0.15, 0.2) is 5.13 Å². The zero-order valence-electron chi connectivity index (χ0n) is 16.7. The number of thiazole rings is 1. The highest BCUT2D eigenvalue weighted by molar-refractivity contribution is 7.15. The molecule has 1 heterocycles. The zero-order valence-corrected chi connectivity index (χ0v) is 17.5. The molecule has 1 aromatic heterocycles. The summed E-state index contributed by atoms with van der Waals surface area (Å²) in [6.07, 6.45) is 0. The van der Waals surface area contributed by atoms with Crippen LogP contribution < -0.4 is 14.8 Å². The number of hydrogen-bond acceptors (Lipinski definition) is 7. The zero-order chi connectivity index (χ0) is 20.7. The van der Waals surface area contributed by atoms with Gasteiger partial charge in [-0.15, -0.1) is 11.3 Å². The van der Waals surface area contributed by atoms with Crippen LogP contribution >= 0.6 is 11.3 Å². The van der Waals surface area contributed by atoms with E-state index in [1.54, 1.807) is 18.2 Å². The summed E-state index contributed by atoms with van der Waals surface area (Å²) in [7, 11) is 4.55. The van der Waals surface area contributed by atoms with E-state index in [4.69, 9.17) is 14.2 Å². The lowest BCUT2D eigenvalue weighted by Gasteiger charge is -2.22. The fourth-order valence-corrected chi connectivity index (χ4v) is 3.29. The molecule has 2 amide bonds. The molecule has 1 aromatic carbocycles. The maximum atomic E-state index is 13.0. The van der Waals surface area contributed by atoms with Gasteiger partial charge in [-0.05, 0) is 26.0 Å². The molecule has 0 atom stereocenters. The van der Waals surface area contributed by atoms with E-state index >= 15 is 0 Å². The molecule has 0 spiro atoms. The van der Waals surface area contributed by atoms with Gasteiger partial charge in [-0.3, -0.25) is 9.59 Å². The van der Waals surface area contributed by atoms with Crippen molar-refractivity contribution in [3.63, 3.8) is 0 Å². The quantitative estimate of drug-likeness (QED) is 0.687. The van der Waals surface area contributed by atoms with Crippen LogP contribution in [-0.4, -0.2) is 62.7 Å². The highest BCUT2D eigenvalue weighted by Gasteiger charge is 2.23. The molecule has 0 radical (unpaired) electrons. The van der Waals surface area contributed by atoms with Gasteiger partial charge in [0.25, 0.3) is 5.91 Å². The van der Waals surface area contributed by atoms with Gasteiger partial charge in [0.1, 0.15) is 18.0 Å². The predicted molar refractivity (Wildman–Crippen MR) is 108 cm³/mol. The third-order valence-electron chi connectivity index (χ3n) is 4.10. The molecule has 0 aliphatic rings. The molecule has 152 valence electrons. The number of aromatic nitrogens is 1. The van der Waals surface area contributed by atoms with Crippen molar-refractivity contribution < 1.29 is 23.8 Å². The van der Waals surface area contributed by atoms with Gasteiger partial charge in [0.2, 0.25) is 5.91 Å². The van der Waals surface area contributed by atoms with Crippen LogP contribution in [0.2, 0.25) is 0 Å². The minimum atomic E-state index is -0.335. The molecule has 0 saturated carbocycles. The topological polar surface area (TPSA) is 90.0 Å². The molecule has 1 N–H and O–H groups in total. The number of hydrogen-bond donors (Lipinski definition) is 1.